The third-order valence-electron chi connectivity index (χ3n) is 3.72. The highest BCUT2D eigenvalue weighted by molar-refractivity contribution is 7.15. The van der Waals surface area contributed by atoms with E-state index in [1.54, 1.807) is 14.2 Å². The monoisotopic (exact) mass is 333 g/mol. The van der Waals surface area contributed by atoms with Crippen molar-refractivity contribution in [1.82, 2.24) is 10.2 Å². The summed E-state index contributed by atoms with van der Waals surface area (Å²) >= 11 is 1.47. The van der Waals surface area contributed by atoms with Gasteiger partial charge in [-0.1, -0.05) is 11.3 Å². The third-order valence-corrected chi connectivity index (χ3v) is 4.72. The highest BCUT2D eigenvalue weighted by atomic mass is 32.1. The first-order valence-corrected chi connectivity index (χ1v) is 8.35. The van der Waals surface area contributed by atoms with E-state index in [-0.39, 0.29) is 5.91 Å². The second-order valence-electron chi connectivity index (χ2n) is 5.45. The smallest absolute Gasteiger partial charge is 0.226 e. The van der Waals surface area contributed by atoms with Gasteiger partial charge in [-0.15, -0.1) is 10.2 Å². The van der Waals surface area contributed by atoms with Gasteiger partial charge >= 0.3 is 0 Å². The van der Waals surface area contributed by atoms with Gasteiger partial charge in [0.25, 0.3) is 0 Å². The molecule has 6 nitrogen and oxygen atoms in total. The molecular formula is C16H19N3O3S. The molecule has 1 heterocycles. The summed E-state index contributed by atoms with van der Waals surface area (Å²) in [5, 5.41) is 12.6. The lowest BCUT2D eigenvalue weighted by molar-refractivity contribution is -0.116. The number of aromatic nitrogens is 2. The van der Waals surface area contributed by atoms with Crippen LogP contribution in [0.2, 0.25) is 0 Å². The first-order valence-electron chi connectivity index (χ1n) is 7.53. The predicted octanol–water partition coefficient (Wildman–Crippen LogP) is 3.00. The van der Waals surface area contributed by atoms with Crippen LogP contribution in [0.5, 0.6) is 11.5 Å². The normalized spacial score (nSPS) is 13.7. The summed E-state index contributed by atoms with van der Waals surface area (Å²) in [6.07, 6.45) is 3.28. The van der Waals surface area contributed by atoms with Crippen molar-refractivity contribution >= 4 is 22.4 Å². The Labute approximate surface area is 138 Å². The van der Waals surface area contributed by atoms with Gasteiger partial charge in [-0.05, 0) is 43.0 Å². The van der Waals surface area contributed by atoms with Crippen LogP contribution < -0.4 is 14.8 Å². The van der Waals surface area contributed by atoms with Crippen molar-refractivity contribution in [1.29, 1.82) is 0 Å². The SMILES string of the molecule is COc1ccc(OC)c(CCC(=O)Nc2nnc(C3CC3)s2)c1. The minimum absolute atomic E-state index is 0.0756. The second kappa shape index (κ2) is 6.95. The molecule has 0 saturated heterocycles. The lowest BCUT2D eigenvalue weighted by atomic mass is 10.1. The topological polar surface area (TPSA) is 73.3 Å². The summed E-state index contributed by atoms with van der Waals surface area (Å²) in [7, 11) is 3.23. The number of nitrogens with zero attached hydrogens (tertiary/aromatic N) is 2. The Balaban J connectivity index is 1.57. The number of rotatable bonds is 7. The Bertz CT molecular complexity index is 698. The summed E-state index contributed by atoms with van der Waals surface area (Å²) in [5.41, 5.74) is 0.943. The molecule has 1 saturated carbocycles. The molecule has 7 heteroatoms. The fourth-order valence-corrected chi connectivity index (χ4v) is 3.22. The molecule has 0 spiro atoms. The molecule has 1 aromatic heterocycles. The fraction of sp³-hybridized carbons (Fsp3) is 0.438. The van der Waals surface area contributed by atoms with E-state index in [0.717, 1.165) is 22.1 Å². The van der Waals surface area contributed by atoms with Gasteiger partial charge < -0.3 is 14.8 Å². The molecule has 1 aromatic carbocycles. The number of aryl methyl sites for hydroxylation is 1. The van der Waals surface area contributed by atoms with Crippen molar-refractivity contribution in [3.05, 3.63) is 28.8 Å². The molecule has 23 heavy (non-hydrogen) atoms. The number of hydrogen-bond acceptors (Lipinski definition) is 6. The van der Waals surface area contributed by atoms with Crippen LogP contribution in [0, 0.1) is 0 Å². The minimum Gasteiger partial charge on any atom is -0.497 e. The fourth-order valence-electron chi connectivity index (χ4n) is 2.29. The number of ether oxygens (including phenoxy) is 2. The Morgan fingerprint density at radius 3 is 2.83 bits per heavy atom. The first kappa shape index (κ1) is 15.7. The van der Waals surface area contributed by atoms with Gasteiger partial charge in [0.2, 0.25) is 11.0 Å². The van der Waals surface area contributed by atoms with Crippen molar-refractivity contribution in [2.75, 3.05) is 19.5 Å². The standard InChI is InChI=1S/C16H19N3O3S/c1-21-12-6-7-13(22-2)11(9-12)5-8-14(20)17-16-19-18-15(23-16)10-3-4-10/h6-7,9-10H,3-5,8H2,1-2H3,(H,17,19,20). The van der Waals surface area contributed by atoms with E-state index in [1.807, 2.05) is 18.2 Å². The predicted molar refractivity (Wildman–Crippen MR) is 88.4 cm³/mol. The maximum absolute atomic E-state index is 12.1. The summed E-state index contributed by atoms with van der Waals surface area (Å²) in [6.45, 7) is 0. The van der Waals surface area contributed by atoms with E-state index in [9.17, 15) is 4.79 Å². The van der Waals surface area contributed by atoms with E-state index in [2.05, 4.69) is 15.5 Å². The van der Waals surface area contributed by atoms with Crippen molar-refractivity contribution in [2.45, 2.75) is 31.6 Å². The van der Waals surface area contributed by atoms with Gasteiger partial charge in [0.15, 0.2) is 0 Å². The zero-order chi connectivity index (χ0) is 16.2. The Kier molecular flexibility index (Phi) is 4.76. The summed E-state index contributed by atoms with van der Waals surface area (Å²) in [4.78, 5) is 12.1. The lowest BCUT2D eigenvalue weighted by Gasteiger charge is -2.10. The molecule has 0 aliphatic heterocycles. The van der Waals surface area contributed by atoms with Crippen LogP contribution in [0.15, 0.2) is 18.2 Å². The van der Waals surface area contributed by atoms with Gasteiger partial charge in [-0.25, -0.2) is 0 Å². The zero-order valence-electron chi connectivity index (χ0n) is 13.2. The van der Waals surface area contributed by atoms with E-state index < -0.39 is 0 Å². The third kappa shape index (κ3) is 3.98. The number of anilines is 1. The molecule has 0 unspecified atom stereocenters. The molecule has 0 atom stereocenters. The average molecular weight is 333 g/mol. The molecule has 122 valence electrons. The maximum Gasteiger partial charge on any atom is 0.226 e. The van der Waals surface area contributed by atoms with Gasteiger partial charge in [-0.2, -0.15) is 0 Å². The van der Waals surface area contributed by atoms with Gasteiger partial charge in [0.05, 0.1) is 14.2 Å². The van der Waals surface area contributed by atoms with Crippen LogP contribution in [0.1, 0.15) is 35.8 Å². The Morgan fingerprint density at radius 2 is 2.13 bits per heavy atom. The lowest BCUT2D eigenvalue weighted by Crippen LogP contribution is -2.12. The highest BCUT2D eigenvalue weighted by Gasteiger charge is 2.27. The van der Waals surface area contributed by atoms with Crippen molar-refractivity contribution in [3.63, 3.8) is 0 Å². The number of nitrogens with one attached hydrogen (secondary N) is 1. The number of methoxy groups -OCH3 is 2. The molecule has 2 aromatic rings. The van der Waals surface area contributed by atoms with Crippen molar-refractivity contribution < 1.29 is 14.3 Å². The number of hydrogen-bond donors (Lipinski definition) is 1. The van der Waals surface area contributed by atoms with E-state index in [4.69, 9.17) is 9.47 Å². The Morgan fingerprint density at radius 1 is 1.30 bits per heavy atom. The maximum atomic E-state index is 12.1. The van der Waals surface area contributed by atoms with Gasteiger partial charge in [-0.3, -0.25) is 4.79 Å². The number of carbonyl (C=O) groups excluding carboxylic acids is 1. The van der Waals surface area contributed by atoms with Crippen LogP contribution in [0.25, 0.3) is 0 Å². The number of benzene rings is 1. The van der Waals surface area contributed by atoms with Crippen LogP contribution in [0.4, 0.5) is 5.13 Å². The minimum atomic E-state index is -0.0756. The van der Waals surface area contributed by atoms with E-state index in [0.29, 0.717) is 23.9 Å². The zero-order valence-corrected chi connectivity index (χ0v) is 14.0. The Hall–Kier alpha value is -2.15. The van der Waals surface area contributed by atoms with Crippen LogP contribution in [0.3, 0.4) is 0 Å². The highest BCUT2D eigenvalue weighted by Crippen LogP contribution is 2.42. The molecule has 3 rings (SSSR count). The largest absolute Gasteiger partial charge is 0.497 e. The number of carbonyl (C=O) groups is 1. The summed E-state index contributed by atoms with van der Waals surface area (Å²) in [5.74, 6) is 1.98. The van der Waals surface area contributed by atoms with Crippen LogP contribution in [-0.4, -0.2) is 30.3 Å². The molecule has 0 bridgehead atoms. The molecule has 0 radical (unpaired) electrons. The van der Waals surface area contributed by atoms with Crippen molar-refractivity contribution in [2.24, 2.45) is 0 Å². The van der Waals surface area contributed by atoms with Crippen LogP contribution in [-0.2, 0) is 11.2 Å². The average Bonchev–Trinajstić information content (AvgIpc) is 3.32. The molecule has 1 amide bonds. The molecule has 1 N–H and O–H groups in total. The molecule has 1 fully saturated rings. The van der Waals surface area contributed by atoms with Gasteiger partial charge in [0, 0.05) is 12.3 Å². The molecular weight excluding hydrogens is 314 g/mol. The first-order chi connectivity index (χ1) is 11.2. The molecule has 1 aliphatic rings. The van der Waals surface area contributed by atoms with E-state index >= 15 is 0 Å². The number of amides is 1. The van der Waals surface area contributed by atoms with E-state index in [1.165, 1.54) is 24.2 Å². The quantitative estimate of drug-likeness (QED) is 0.843. The van der Waals surface area contributed by atoms with Crippen LogP contribution >= 0.6 is 11.3 Å². The van der Waals surface area contributed by atoms with Gasteiger partial charge in [0.1, 0.15) is 16.5 Å². The summed E-state index contributed by atoms with van der Waals surface area (Å²) < 4.78 is 10.5. The summed E-state index contributed by atoms with van der Waals surface area (Å²) in [6, 6.07) is 5.57. The second-order valence-corrected chi connectivity index (χ2v) is 6.45. The van der Waals surface area contributed by atoms with Crippen molar-refractivity contribution in [3.8, 4) is 11.5 Å². The molecule has 1 aliphatic carbocycles.